The highest BCUT2D eigenvalue weighted by Gasteiger charge is 2.13. The number of benzene rings is 2. The van der Waals surface area contributed by atoms with Crippen LogP contribution in [-0.4, -0.2) is 32.0 Å². The van der Waals surface area contributed by atoms with E-state index in [1.807, 2.05) is 24.3 Å². The van der Waals surface area contributed by atoms with Crippen LogP contribution in [0.4, 0.5) is 5.69 Å². The van der Waals surface area contributed by atoms with Crippen LogP contribution < -0.4 is 4.90 Å². The van der Waals surface area contributed by atoms with Crippen molar-refractivity contribution >= 4 is 52.8 Å². The molecule has 0 atom stereocenters. The molecule has 2 rings (SSSR count). The number of carbonyl (C=O) groups excluding carboxylic acids is 1. The third kappa shape index (κ3) is 6.62. The van der Waals surface area contributed by atoms with Crippen molar-refractivity contribution in [2.45, 2.75) is 13.5 Å². The molecule has 0 bridgehead atoms. The highest BCUT2D eigenvalue weighted by atomic mass is 35.5. The lowest BCUT2D eigenvalue weighted by atomic mass is 10.1. The van der Waals surface area contributed by atoms with Crippen LogP contribution in [0.2, 0.25) is 10.0 Å². The van der Waals surface area contributed by atoms with Crippen LogP contribution in [-0.2, 0) is 21.1 Å². The quantitative estimate of drug-likeness (QED) is 0.424. The second-order valence-corrected chi connectivity index (χ2v) is 6.73. The van der Waals surface area contributed by atoms with E-state index in [2.05, 4.69) is 15.1 Å². The minimum Gasteiger partial charge on any atom is -0.399 e. The van der Waals surface area contributed by atoms with Crippen LogP contribution >= 0.6 is 23.2 Å². The summed E-state index contributed by atoms with van der Waals surface area (Å²) < 4.78 is 0. The van der Waals surface area contributed by atoms with Gasteiger partial charge in [-0.3, -0.25) is 4.79 Å². The van der Waals surface area contributed by atoms with E-state index < -0.39 is 0 Å². The monoisotopic (exact) mass is 433 g/mol. The Balaban J connectivity index is 2.05. The number of para-hydroxylation sites is 1. The average Bonchev–Trinajstić information content (AvgIpc) is 2.71. The van der Waals surface area contributed by atoms with Gasteiger partial charge >= 0.3 is 0 Å². The summed E-state index contributed by atoms with van der Waals surface area (Å²) >= 11 is 12.3. The third-order valence-electron chi connectivity index (χ3n) is 3.87. The number of hydrogen-bond acceptors (Lipinski definition) is 5. The van der Waals surface area contributed by atoms with Crippen LogP contribution in [0, 0.1) is 0 Å². The average molecular weight is 434 g/mol. The van der Waals surface area contributed by atoms with Gasteiger partial charge in [-0.15, -0.1) is 0 Å². The lowest BCUT2D eigenvalue weighted by Gasteiger charge is -2.18. The van der Waals surface area contributed by atoms with Gasteiger partial charge in [0.15, 0.2) is 0 Å². The number of carbonyl (C=O) groups is 1. The molecule has 0 unspecified atom stereocenters. The molecule has 6 nitrogen and oxygen atoms in total. The molecule has 0 saturated carbocycles. The van der Waals surface area contributed by atoms with E-state index in [0.29, 0.717) is 27.0 Å². The van der Waals surface area contributed by atoms with Crippen molar-refractivity contribution in [3.05, 3.63) is 69.7 Å². The molecule has 0 spiro atoms. The highest BCUT2D eigenvalue weighted by Crippen LogP contribution is 2.25. The maximum Gasteiger partial charge on any atom is 0.272 e. The summed E-state index contributed by atoms with van der Waals surface area (Å²) in [5.74, 6) is -0.321. The summed E-state index contributed by atoms with van der Waals surface area (Å²) in [4.78, 5) is 23.6. The van der Waals surface area contributed by atoms with E-state index >= 15 is 0 Å². The molecule has 0 fully saturated rings. The van der Waals surface area contributed by atoms with Crippen molar-refractivity contribution in [1.29, 1.82) is 0 Å². The Kier molecular flexibility index (Phi) is 8.70. The molecular formula is C21H21Cl2N3O3. The fourth-order valence-electron chi connectivity index (χ4n) is 2.37. The molecule has 152 valence electrons. The van der Waals surface area contributed by atoms with Crippen molar-refractivity contribution in [1.82, 2.24) is 0 Å². The van der Waals surface area contributed by atoms with Gasteiger partial charge in [0.1, 0.15) is 19.9 Å². The number of nitrogens with zero attached hydrogens (tertiary/aromatic N) is 3. The first-order chi connectivity index (χ1) is 13.9. The second kappa shape index (κ2) is 11.2. The van der Waals surface area contributed by atoms with Crippen LogP contribution in [0.3, 0.4) is 0 Å². The molecule has 0 N–H and O–H groups in total. The van der Waals surface area contributed by atoms with Gasteiger partial charge in [-0.1, -0.05) is 63.9 Å². The van der Waals surface area contributed by atoms with Gasteiger partial charge in [0.05, 0.1) is 11.4 Å². The number of rotatable bonds is 8. The van der Waals surface area contributed by atoms with Crippen molar-refractivity contribution < 1.29 is 14.5 Å². The van der Waals surface area contributed by atoms with Crippen molar-refractivity contribution in [2.24, 2.45) is 10.3 Å². The Morgan fingerprint density at radius 1 is 1.14 bits per heavy atom. The molecule has 1 amide bonds. The van der Waals surface area contributed by atoms with Crippen molar-refractivity contribution in [3.63, 3.8) is 0 Å². The molecule has 2 aromatic carbocycles. The Hall–Kier alpha value is -2.83. The number of allylic oxidation sites excluding steroid dienone is 1. The van der Waals surface area contributed by atoms with Gasteiger partial charge in [0.2, 0.25) is 0 Å². The zero-order valence-electron chi connectivity index (χ0n) is 16.3. The lowest BCUT2D eigenvalue weighted by molar-refractivity contribution is -0.112. The number of oxime groups is 2. The zero-order valence-corrected chi connectivity index (χ0v) is 17.8. The van der Waals surface area contributed by atoms with Crippen LogP contribution in [0.1, 0.15) is 18.1 Å². The summed E-state index contributed by atoms with van der Waals surface area (Å²) in [5, 5.41) is 8.69. The molecule has 8 heteroatoms. The van der Waals surface area contributed by atoms with Gasteiger partial charge in [-0.2, -0.15) is 0 Å². The first-order valence-electron chi connectivity index (χ1n) is 8.64. The zero-order chi connectivity index (χ0) is 21.2. The Morgan fingerprint density at radius 3 is 2.52 bits per heavy atom. The van der Waals surface area contributed by atoms with E-state index in [1.54, 1.807) is 44.3 Å². The fraction of sp³-hybridized carbons (Fsp3) is 0.190. The van der Waals surface area contributed by atoms with E-state index in [1.165, 1.54) is 12.0 Å². The van der Waals surface area contributed by atoms with Crippen LogP contribution in [0.15, 0.2) is 58.9 Å². The summed E-state index contributed by atoms with van der Waals surface area (Å²) in [6, 6.07) is 12.7. The first-order valence-corrected chi connectivity index (χ1v) is 9.40. The largest absolute Gasteiger partial charge is 0.399 e. The summed E-state index contributed by atoms with van der Waals surface area (Å²) in [5.41, 5.74) is 2.83. The van der Waals surface area contributed by atoms with E-state index in [4.69, 9.17) is 28.0 Å². The minimum atomic E-state index is -0.321. The van der Waals surface area contributed by atoms with Gasteiger partial charge in [0.25, 0.3) is 5.91 Å². The van der Waals surface area contributed by atoms with Crippen molar-refractivity contribution in [3.8, 4) is 0 Å². The summed E-state index contributed by atoms with van der Waals surface area (Å²) in [7, 11) is 3.02. The third-order valence-corrected chi connectivity index (χ3v) is 4.53. The fourth-order valence-corrected chi connectivity index (χ4v) is 2.89. The summed E-state index contributed by atoms with van der Waals surface area (Å²) in [6.07, 6.45) is 4.64. The number of anilines is 1. The predicted molar refractivity (Wildman–Crippen MR) is 119 cm³/mol. The Bertz CT molecular complexity index is 922. The van der Waals surface area contributed by atoms with Gasteiger partial charge in [0, 0.05) is 28.2 Å². The minimum absolute atomic E-state index is 0.188. The first kappa shape index (κ1) is 22.5. The maximum atomic E-state index is 12.1. The van der Waals surface area contributed by atoms with Gasteiger partial charge in [-0.25, -0.2) is 0 Å². The summed E-state index contributed by atoms with van der Waals surface area (Å²) in [6.45, 7) is 1.98. The molecular weight excluding hydrogens is 413 g/mol. The molecule has 0 aliphatic heterocycles. The lowest BCUT2D eigenvalue weighted by Crippen LogP contribution is -2.28. The molecule has 0 aliphatic rings. The van der Waals surface area contributed by atoms with Gasteiger partial charge < -0.3 is 14.6 Å². The van der Waals surface area contributed by atoms with E-state index in [-0.39, 0.29) is 12.5 Å². The van der Waals surface area contributed by atoms with E-state index in [9.17, 15) is 4.79 Å². The van der Waals surface area contributed by atoms with Crippen molar-refractivity contribution in [2.75, 3.05) is 19.1 Å². The molecule has 0 saturated heterocycles. The number of halogens is 2. The topological polar surface area (TPSA) is 63.5 Å². The second-order valence-electron chi connectivity index (χ2n) is 5.92. The van der Waals surface area contributed by atoms with E-state index in [0.717, 1.165) is 11.8 Å². The standard InChI is InChI=1S/C21H21Cl2N3O3/c1-15(11-12-17-18(22)8-6-9-19(17)23)25-29-14-16-7-4-5-10-20(16)26(2)21(27)13-24-28-3/h4-13H,14H2,1-3H3. The molecule has 29 heavy (non-hydrogen) atoms. The smallest absolute Gasteiger partial charge is 0.272 e. The number of hydrogen-bond donors (Lipinski definition) is 0. The molecule has 2 aromatic rings. The predicted octanol–water partition coefficient (Wildman–Crippen LogP) is 5.19. The van der Waals surface area contributed by atoms with Gasteiger partial charge in [-0.05, 0) is 31.2 Å². The maximum absolute atomic E-state index is 12.1. The highest BCUT2D eigenvalue weighted by molar-refractivity contribution is 6.37. The normalized spacial score (nSPS) is 11.8. The Morgan fingerprint density at radius 2 is 1.83 bits per heavy atom. The molecule has 0 heterocycles. The molecule has 0 radical (unpaired) electrons. The molecule has 0 aliphatic carbocycles. The number of amides is 1. The SMILES string of the molecule is CON=CC(=O)N(C)c1ccccc1CON=C(C)C=Cc1c(Cl)cccc1Cl. The molecule has 0 aromatic heterocycles. The Labute approximate surface area is 180 Å². The van der Waals surface area contributed by atoms with Crippen LogP contribution in [0.5, 0.6) is 0 Å². The van der Waals surface area contributed by atoms with Crippen LogP contribution in [0.25, 0.3) is 6.08 Å².